The van der Waals surface area contributed by atoms with Crippen LogP contribution in [0.25, 0.3) is 11.4 Å². The molecule has 4 aromatic rings. The minimum Gasteiger partial charge on any atom is -0.484 e. The first kappa shape index (κ1) is 26.3. The van der Waals surface area contributed by atoms with Crippen molar-refractivity contribution in [1.82, 2.24) is 20.1 Å². The molecule has 0 unspecified atom stereocenters. The zero-order valence-corrected chi connectivity index (χ0v) is 22.7. The topological polar surface area (TPSA) is 114 Å². The Morgan fingerprint density at radius 3 is 2.46 bits per heavy atom. The first-order valence-electron chi connectivity index (χ1n) is 13.1. The predicted octanol–water partition coefficient (Wildman–Crippen LogP) is 5.09. The van der Waals surface area contributed by atoms with Crippen LogP contribution in [0.1, 0.15) is 43.5 Å². The van der Waals surface area contributed by atoms with Crippen LogP contribution in [0.5, 0.6) is 5.75 Å². The molecule has 0 spiro atoms. The summed E-state index contributed by atoms with van der Waals surface area (Å²) in [4.78, 5) is 27.2. The Labute approximate surface area is 227 Å². The third-order valence-corrected chi connectivity index (χ3v) is 7.08. The van der Waals surface area contributed by atoms with Gasteiger partial charge in [0.25, 0.3) is 5.89 Å². The largest absolute Gasteiger partial charge is 0.484 e. The van der Waals surface area contributed by atoms with Gasteiger partial charge < -0.3 is 19.3 Å². The summed E-state index contributed by atoms with van der Waals surface area (Å²) >= 11 is 0. The second-order valence-electron chi connectivity index (χ2n) is 11.1. The molecule has 5 rings (SSSR count). The number of aliphatic carboxylic acids is 1. The summed E-state index contributed by atoms with van der Waals surface area (Å²) in [5.41, 5.74) is 4.12. The summed E-state index contributed by atoms with van der Waals surface area (Å²) in [5, 5.41) is 13.9. The number of carbonyl (C=O) groups is 1. The van der Waals surface area contributed by atoms with Gasteiger partial charge in [-0.05, 0) is 54.0 Å². The minimum absolute atomic E-state index is 0.0485. The molecule has 0 bridgehead atoms. The van der Waals surface area contributed by atoms with E-state index in [9.17, 15) is 9.90 Å². The highest BCUT2D eigenvalue weighted by molar-refractivity contribution is 5.72. The standard InChI is InChI=1S/C30H33N5O4/c1-19-13-14-31-29(32-19)35-16-22(25(17-35)28(36)37)15-20-5-11-24(12-6-20)38-18-26-33-27(34-39-26)21-7-9-23(10-8-21)30(2,3)4/h5-14,22,25H,15-18H2,1-4H3,(H,36,37)/t22-,25+/m1/s1. The Balaban J connectivity index is 1.18. The number of rotatable bonds is 8. The van der Waals surface area contributed by atoms with Gasteiger partial charge in [0, 0.05) is 30.5 Å². The van der Waals surface area contributed by atoms with Crippen molar-refractivity contribution in [1.29, 1.82) is 0 Å². The van der Waals surface area contributed by atoms with Gasteiger partial charge in [-0.3, -0.25) is 4.79 Å². The second-order valence-corrected chi connectivity index (χ2v) is 11.1. The van der Waals surface area contributed by atoms with Crippen LogP contribution in [0, 0.1) is 18.8 Å². The lowest BCUT2D eigenvalue weighted by molar-refractivity contribution is -0.142. The van der Waals surface area contributed by atoms with Gasteiger partial charge in [0.2, 0.25) is 11.8 Å². The number of aryl methyl sites for hydroxylation is 1. The van der Waals surface area contributed by atoms with E-state index in [4.69, 9.17) is 9.26 Å². The van der Waals surface area contributed by atoms with Crippen LogP contribution in [0.3, 0.4) is 0 Å². The molecule has 1 saturated heterocycles. The molecule has 1 N–H and O–H groups in total. The van der Waals surface area contributed by atoms with Gasteiger partial charge in [-0.15, -0.1) is 0 Å². The van der Waals surface area contributed by atoms with Crippen molar-refractivity contribution >= 4 is 11.9 Å². The van der Waals surface area contributed by atoms with Crippen LogP contribution in [0.4, 0.5) is 5.95 Å². The molecule has 2 aromatic heterocycles. The lowest BCUT2D eigenvalue weighted by Crippen LogP contribution is -2.25. The van der Waals surface area contributed by atoms with Crippen molar-refractivity contribution in [2.75, 3.05) is 18.0 Å². The van der Waals surface area contributed by atoms with E-state index >= 15 is 0 Å². The van der Waals surface area contributed by atoms with E-state index in [-0.39, 0.29) is 17.9 Å². The number of ether oxygens (including phenoxy) is 1. The van der Waals surface area contributed by atoms with Crippen LogP contribution < -0.4 is 9.64 Å². The normalized spacial score (nSPS) is 17.4. The van der Waals surface area contributed by atoms with E-state index < -0.39 is 11.9 Å². The third-order valence-electron chi connectivity index (χ3n) is 7.08. The summed E-state index contributed by atoms with van der Waals surface area (Å²) in [5.74, 6) is 0.845. The Bertz CT molecular complexity index is 1430. The van der Waals surface area contributed by atoms with Gasteiger partial charge >= 0.3 is 5.97 Å². The Morgan fingerprint density at radius 2 is 1.79 bits per heavy atom. The molecule has 3 heterocycles. The maximum Gasteiger partial charge on any atom is 0.308 e. The van der Waals surface area contributed by atoms with Gasteiger partial charge in [-0.2, -0.15) is 4.98 Å². The number of aromatic nitrogens is 4. The fourth-order valence-electron chi connectivity index (χ4n) is 4.83. The summed E-state index contributed by atoms with van der Waals surface area (Å²) < 4.78 is 11.2. The van der Waals surface area contributed by atoms with Gasteiger partial charge in [0.1, 0.15) is 5.75 Å². The zero-order valence-electron chi connectivity index (χ0n) is 22.7. The SMILES string of the molecule is Cc1ccnc(N2C[C@@H](Cc3ccc(OCc4nc(-c5ccc(C(C)(C)C)cc5)no4)cc3)[C@@H](C(=O)O)C2)n1. The minimum atomic E-state index is -0.792. The van der Waals surface area contributed by atoms with Crippen LogP contribution in [-0.4, -0.2) is 44.3 Å². The molecule has 0 aliphatic carbocycles. The number of nitrogens with zero attached hydrogens (tertiary/aromatic N) is 5. The van der Waals surface area contributed by atoms with Crippen LogP contribution in [-0.2, 0) is 23.2 Å². The number of benzene rings is 2. The highest BCUT2D eigenvalue weighted by Gasteiger charge is 2.38. The molecule has 1 aliphatic heterocycles. The molecule has 0 radical (unpaired) electrons. The number of hydrogen-bond donors (Lipinski definition) is 1. The second kappa shape index (κ2) is 10.8. The van der Waals surface area contributed by atoms with E-state index in [0.29, 0.717) is 42.9 Å². The maximum absolute atomic E-state index is 12.0. The molecule has 1 aliphatic rings. The number of anilines is 1. The highest BCUT2D eigenvalue weighted by Crippen LogP contribution is 2.30. The van der Waals surface area contributed by atoms with Gasteiger partial charge in [-0.25, -0.2) is 9.97 Å². The third kappa shape index (κ3) is 6.25. The van der Waals surface area contributed by atoms with Crippen molar-refractivity contribution in [3.8, 4) is 17.1 Å². The smallest absolute Gasteiger partial charge is 0.308 e. The van der Waals surface area contributed by atoms with Gasteiger partial charge in [-0.1, -0.05) is 62.3 Å². The molecule has 0 saturated carbocycles. The fourth-order valence-corrected chi connectivity index (χ4v) is 4.83. The van der Waals surface area contributed by atoms with Crippen molar-refractivity contribution in [3.05, 3.63) is 83.5 Å². The quantitative estimate of drug-likeness (QED) is 0.334. The monoisotopic (exact) mass is 527 g/mol. The molecule has 2 atom stereocenters. The van der Waals surface area contributed by atoms with Crippen molar-refractivity contribution in [2.45, 2.75) is 46.1 Å². The number of carboxylic acid groups (broad SMARTS) is 1. The Morgan fingerprint density at radius 1 is 1.05 bits per heavy atom. The van der Waals surface area contributed by atoms with E-state index in [1.54, 1.807) is 6.20 Å². The average Bonchev–Trinajstić information content (AvgIpc) is 3.56. The Kier molecular flexibility index (Phi) is 7.32. The van der Waals surface area contributed by atoms with Crippen LogP contribution in [0.15, 0.2) is 65.3 Å². The highest BCUT2D eigenvalue weighted by atomic mass is 16.5. The average molecular weight is 528 g/mol. The summed E-state index contributed by atoms with van der Waals surface area (Å²) in [6, 6.07) is 17.7. The Hall–Kier alpha value is -4.27. The van der Waals surface area contributed by atoms with Crippen LogP contribution in [0.2, 0.25) is 0 Å². The molecular formula is C30H33N5O4. The molecular weight excluding hydrogens is 494 g/mol. The van der Waals surface area contributed by atoms with E-state index in [2.05, 4.69) is 53.0 Å². The molecule has 9 nitrogen and oxygen atoms in total. The van der Waals surface area contributed by atoms with Gasteiger partial charge in [0.15, 0.2) is 6.61 Å². The van der Waals surface area contributed by atoms with E-state index in [0.717, 1.165) is 16.8 Å². The molecule has 202 valence electrons. The molecule has 39 heavy (non-hydrogen) atoms. The first-order chi connectivity index (χ1) is 18.7. The summed E-state index contributed by atoms with van der Waals surface area (Å²) in [6.45, 7) is 9.58. The molecule has 2 aromatic carbocycles. The first-order valence-corrected chi connectivity index (χ1v) is 13.1. The summed E-state index contributed by atoms with van der Waals surface area (Å²) in [6.07, 6.45) is 2.35. The van der Waals surface area contributed by atoms with Crippen molar-refractivity contribution in [2.24, 2.45) is 11.8 Å². The van der Waals surface area contributed by atoms with Crippen LogP contribution >= 0.6 is 0 Å². The number of hydrogen-bond acceptors (Lipinski definition) is 8. The van der Waals surface area contributed by atoms with Gasteiger partial charge in [0.05, 0.1) is 5.92 Å². The molecule has 9 heteroatoms. The molecule has 1 fully saturated rings. The van der Waals surface area contributed by atoms with Crippen molar-refractivity contribution < 1.29 is 19.2 Å². The van der Waals surface area contributed by atoms with E-state index in [1.807, 2.05) is 54.3 Å². The summed E-state index contributed by atoms with van der Waals surface area (Å²) in [7, 11) is 0. The lowest BCUT2D eigenvalue weighted by Gasteiger charge is -2.18. The van der Waals surface area contributed by atoms with E-state index in [1.165, 1.54) is 5.56 Å². The maximum atomic E-state index is 12.0. The predicted molar refractivity (Wildman–Crippen MR) is 147 cm³/mol. The molecule has 0 amide bonds. The fraction of sp³-hybridized carbons (Fsp3) is 0.367. The zero-order chi connectivity index (χ0) is 27.6. The van der Waals surface area contributed by atoms with Crippen molar-refractivity contribution in [3.63, 3.8) is 0 Å². The lowest BCUT2D eigenvalue weighted by atomic mass is 9.87. The number of carboxylic acids is 1.